The van der Waals surface area contributed by atoms with Crippen LogP contribution in [0.2, 0.25) is 0 Å². The minimum absolute atomic E-state index is 0.184. The average Bonchev–Trinajstić information content (AvgIpc) is 2.07. The maximum atomic E-state index is 5.49. The van der Waals surface area contributed by atoms with E-state index in [1.54, 1.807) is 0 Å². The molecule has 0 spiro atoms. The first kappa shape index (κ1) is 8.97. The molecule has 1 aliphatic rings. The molecule has 1 heterocycles. The van der Waals surface area contributed by atoms with Crippen LogP contribution in [-0.2, 0) is 9.47 Å². The lowest BCUT2D eigenvalue weighted by atomic mass is 10.4. The first-order chi connectivity index (χ1) is 5.34. The van der Waals surface area contributed by atoms with Crippen LogP contribution in [0.4, 0.5) is 0 Å². The first-order valence-electron chi connectivity index (χ1n) is 4.24. The van der Waals surface area contributed by atoms with E-state index in [9.17, 15) is 0 Å². The Hall–Kier alpha value is -0.120. The standard InChI is InChI=1S/C8H17NO2/c1-3-4-9(2)8-7-10-5-6-11-8/h8H,3-7H2,1-2H3. The summed E-state index contributed by atoms with van der Waals surface area (Å²) in [5.74, 6) is 0. The second kappa shape index (κ2) is 4.70. The molecule has 3 nitrogen and oxygen atoms in total. The van der Waals surface area contributed by atoms with E-state index >= 15 is 0 Å². The average molecular weight is 159 g/mol. The lowest BCUT2D eigenvalue weighted by Crippen LogP contribution is -2.42. The van der Waals surface area contributed by atoms with Crippen LogP contribution in [0.25, 0.3) is 0 Å². The molecular weight excluding hydrogens is 142 g/mol. The van der Waals surface area contributed by atoms with Gasteiger partial charge in [-0.05, 0) is 13.5 Å². The number of rotatable bonds is 3. The summed E-state index contributed by atoms with van der Waals surface area (Å²) < 4.78 is 10.8. The minimum Gasteiger partial charge on any atom is -0.375 e. The van der Waals surface area contributed by atoms with Crippen molar-refractivity contribution in [3.05, 3.63) is 0 Å². The summed E-state index contributed by atoms with van der Waals surface area (Å²) in [6, 6.07) is 0. The molecule has 0 aliphatic carbocycles. The van der Waals surface area contributed by atoms with Gasteiger partial charge in [-0.3, -0.25) is 4.90 Å². The van der Waals surface area contributed by atoms with Gasteiger partial charge >= 0.3 is 0 Å². The Kier molecular flexibility index (Phi) is 3.83. The lowest BCUT2D eigenvalue weighted by molar-refractivity contribution is -0.147. The van der Waals surface area contributed by atoms with Crippen LogP contribution in [0.1, 0.15) is 13.3 Å². The van der Waals surface area contributed by atoms with Crippen LogP contribution in [0, 0.1) is 0 Å². The molecule has 1 atom stereocenters. The summed E-state index contributed by atoms with van der Waals surface area (Å²) in [6.45, 7) is 5.44. The monoisotopic (exact) mass is 159 g/mol. The predicted molar refractivity (Wildman–Crippen MR) is 43.5 cm³/mol. The summed E-state index contributed by atoms with van der Waals surface area (Å²) in [7, 11) is 2.07. The molecule has 0 saturated carbocycles. The van der Waals surface area contributed by atoms with Gasteiger partial charge in [0.15, 0.2) is 0 Å². The van der Waals surface area contributed by atoms with Crippen LogP contribution in [0.5, 0.6) is 0 Å². The normalized spacial score (nSPS) is 25.9. The molecule has 66 valence electrons. The van der Waals surface area contributed by atoms with Crippen molar-refractivity contribution in [3.63, 3.8) is 0 Å². The minimum atomic E-state index is 0.184. The molecular formula is C8H17NO2. The molecule has 11 heavy (non-hydrogen) atoms. The Morgan fingerprint density at radius 1 is 1.45 bits per heavy atom. The second-order valence-electron chi connectivity index (χ2n) is 2.88. The van der Waals surface area contributed by atoms with Crippen LogP contribution in [0.15, 0.2) is 0 Å². The van der Waals surface area contributed by atoms with Crippen molar-refractivity contribution in [2.45, 2.75) is 19.6 Å². The maximum absolute atomic E-state index is 5.49. The summed E-state index contributed by atoms with van der Waals surface area (Å²) in [4.78, 5) is 2.19. The van der Waals surface area contributed by atoms with Crippen molar-refractivity contribution >= 4 is 0 Å². The highest BCUT2D eigenvalue weighted by Gasteiger charge is 2.17. The topological polar surface area (TPSA) is 21.7 Å². The third-order valence-electron chi connectivity index (χ3n) is 1.87. The fraction of sp³-hybridized carbons (Fsp3) is 1.00. The predicted octanol–water partition coefficient (Wildman–Crippen LogP) is 0.701. The summed E-state index contributed by atoms with van der Waals surface area (Å²) in [5.41, 5.74) is 0. The van der Waals surface area contributed by atoms with Gasteiger partial charge in [0.25, 0.3) is 0 Å². The molecule has 1 rings (SSSR count). The number of likely N-dealkylation sites (N-methyl/N-ethyl adjacent to an activating group) is 1. The fourth-order valence-electron chi connectivity index (χ4n) is 1.23. The highest BCUT2D eigenvalue weighted by Crippen LogP contribution is 2.04. The smallest absolute Gasteiger partial charge is 0.134 e. The molecule has 3 heteroatoms. The molecule has 1 aliphatic heterocycles. The molecule has 0 radical (unpaired) electrons. The zero-order valence-electron chi connectivity index (χ0n) is 7.38. The number of ether oxygens (including phenoxy) is 2. The maximum Gasteiger partial charge on any atom is 0.134 e. The molecule has 0 aromatic carbocycles. The molecule has 0 N–H and O–H groups in total. The number of nitrogens with zero attached hydrogens (tertiary/aromatic N) is 1. The number of hydrogen-bond donors (Lipinski definition) is 0. The highest BCUT2D eigenvalue weighted by atomic mass is 16.6. The van der Waals surface area contributed by atoms with Gasteiger partial charge in [-0.2, -0.15) is 0 Å². The van der Waals surface area contributed by atoms with E-state index in [-0.39, 0.29) is 6.23 Å². The Labute approximate surface area is 68.3 Å². The van der Waals surface area contributed by atoms with E-state index in [4.69, 9.17) is 9.47 Å². The van der Waals surface area contributed by atoms with Crippen LogP contribution in [0.3, 0.4) is 0 Å². The lowest BCUT2D eigenvalue weighted by Gasteiger charge is -2.30. The van der Waals surface area contributed by atoms with Gasteiger partial charge < -0.3 is 9.47 Å². The van der Waals surface area contributed by atoms with E-state index in [0.29, 0.717) is 0 Å². The Morgan fingerprint density at radius 2 is 2.27 bits per heavy atom. The quantitative estimate of drug-likeness (QED) is 0.605. The zero-order valence-corrected chi connectivity index (χ0v) is 7.38. The zero-order chi connectivity index (χ0) is 8.10. The van der Waals surface area contributed by atoms with Gasteiger partial charge in [0.2, 0.25) is 0 Å². The fourth-order valence-corrected chi connectivity index (χ4v) is 1.23. The number of hydrogen-bond acceptors (Lipinski definition) is 3. The van der Waals surface area contributed by atoms with Gasteiger partial charge in [0, 0.05) is 6.54 Å². The van der Waals surface area contributed by atoms with Crippen LogP contribution < -0.4 is 0 Å². The molecule has 0 amide bonds. The van der Waals surface area contributed by atoms with Gasteiger partial charge in [0.05, 0.1) is 19.8 Å². The third-order valence-corrected chi connectivity index (χ3v) is 1.87. The van der Waals surface area contributed by atoms with Gasteiger partial charge in [-0.15, -0.1) is 0 Å². The summed E-state index contributed by atoms with van der Waals surface area (Å²) in [5, 5.41) is 0. The van der Waals surface area contributed by atoms with Crippen molar-refractivity contribution in [1.82, 2.24) is 4.90 Å². The van der Waals surface area contributed by atoms with E-state index in [2.05, 4.69) is 18.9 Å². The largest absolute Gasteiger partial charge is 0.375 e. The van der Waals surface area contributed by atoms with E-state index in [1.807, 2.05) is 0 Å². The summed E-state index contributed by atoms with van der Waals surface area (Å²) >= 11 is 0. The van der Waals surface area contributed by atoms with E-state index in [0.717, 1.165) is 32.8 Å². The molecule has 0 aromatic rings. The summed E-state index contributed by atoms with van der Waals surface area (Å²) in [6.07, 6.45) is 1.35. The highest BCUT2D eigenvalue weighted by molar-refractivity contribution is 4.60. The van der Waals surface area contributed by atoms with E-state index < -0.39 is 0 Å². The van der Waals surface area contributed by atoms with Crippen LogP contribution in [-0.4, -0.2) is 44.5 Å². The van der Waals surface area contributed by atoms with Gasteiger partial charge in [-0.1, -0.05) is 6.92 Å². The van der Waals surface area contributed by atoms with E-state index in [1.165, 1.54) is 0 Å². The third kappa shape index (κ3) is 2.77. The van der Waals surface area contributed by atoms with Gasteiger partial charge in [0.1, 0.15) is 6.23 Å². The van der Waals surface area contributed by atoms with Crippen molar-refractivity contribution in [2.24, 2.45) is 0 Å². The Balaban J connectivity index is 2.21. The first-order valence-corrected chi connectivity index (χ1v) is 4.24. The molecule has 1 saturated heterocycles. The van der Waals surface area contributed by atoms with Gasteiger partial charge in [-0.25, -0.2) is 0 Å². The van der Waals surface area contributed by atoms with Crippen molar-refractivity contribution in [3.8, 4) is 0 Å². The van der Waals surface area contributed by atoms with Crippen LogP contribution >= 0.6 is 0 Å². The SMILES string of the molecule is CCCN(C)C1COCCO1. The second-order valence-corrected chi connectivity index (χ2v) is 2.88. The van der Waals surface area contributed by atoms with Crippen molar-refractivity contribution in [2.75, 3.05) is 33.4 Å². The molecule has 1 unspecified atom stereocenters. The van der Waals surface area contributed by atoms with Crippen molar-refractivity contribution < 1.29 is 9.47 Å². The molecule has 1 fully saturated rings. The van der Waals surface area contributed by atoms with Crippen molar-refractivity contribution in [1.29, 1.82) is 0 Å². The molecule has 0 aromatic heterocycles. The Bertz CT molecular complexity index is 102. The Morgan fingerprint density at radius 3 is 2.82 bits per heavy atom. The molecule has 0 bridgehead atoms.